The van der Waals surface area contributed by atoms with E-state index in [0.29, 0.717) is 20.8 Å². The van der Waals surface area contributed by atoms with Gasteiger partial charge in [-0.2, -0.15) is 0 Å². The Kier molecular flexibility index (Phi) is 8.01. The number of carbonyl (C=O) groups excluding carboxylic acids is 3. The highest BCUT2D eigenvalue weighted by Crippen LogP contribution is 2.25. The summed E-state index contributed by atoms with van der Waals surface area (Å²) in [7, 11) is 1.52. The van der Waals surface area contributed by atoms with Gasteiger partial charge >= 0.3 is 5.97 Å². The molecule has 0 bridgehead atoms. The Hall–Kier alpha value is -2.66. The van der Waals surface area contributed by atoms with Gasteiger partial charge in [0.15, 0.2) is 4.34 Å². The number of nitrogens with one attached hydrogen (secondary N) is 2. The van der Waals surface area contributed by atoms with Crippen LogP contribution in [0, 0.1) is 0 Å². The maximum atomic E-state index is 12.2. The van der Waals surface area contributed by atoms with Gasteiger partial charge in [-0.3, -0.25) is 19.7 Å². The fourth-order valence-electron chi connectivity index (χ4n) is 1.81. The van der Waals surface area contributed by atoms with Gasteiger partial charge in [0.05, 0.1) is 19.5 Å². The predicted molar refractivity (Wildman–Crippen MR) is 101 cm³/mol. The Labute approximate surface area is 163 Å². The van der Waals surface area contributed by atoms with Crippen molar-refractivity contribution in [1.29, 1.82) is 0 Å². The number of aromatic nitrogens is 2. The van der Waals surface area contributed by atoms with Gasteiger partial charge in [-0.15, -0.1) is 10.2 Å². The quantitative estimate of drug-likeness (QED) is 0.363. The topological polar surface area (TPSA) is 120 Å². The Balaban J connectivity index is 1.81. The molecule has 27 heavy (non-hydrogen) atoms. The lowest BCUT2D eigenvalue weighted by atomic mass is 10.2. The van der Waals surface area contributed by atoms with E-state index in [4.69, 9.17) is 9.47 Å². The first-order valence-corrected chi connectivity index (χ1v) is 9.66. The van der Waals surface area contributed by atoms with Crippen LogP contribution in [0.25, 0.3) is 0 Å². The molecule has 0 saturated heterocycles. The Bertz CT molecular complexity index is 812. The first-order valence-electron chi connectivity index (χ1n) is 7.85. The molecule has 1 heterocycles. The van der Waals surface area contributed by atoms with E-state index in [1.807, 2.05) is 0 Å². The highest BCUT2D eigenvalue weighted by Gasteiger charge is 2.13. The van der Waals surface area contributed by atoms with Crippen LogP contribution in [-0.2, 0) is 14.3 Å². The van der Waals surface area contributed by atoms with Crippen LogP contribution < -0.4 is 15.4 Å². The van der Waals surface area contributed by atoms with E-state index in [0.717, 1.165) is 23.1 Å². The molecule has 0 aliphatic heterocycles. The van der Waals surface area contributed by atoms with Crippen molar-refractivity contribution >= 4 is 46.0 Å². The van der Waals surface area contributed by atoms with Gasteiger partial charge < -0.3 is 14.8 Å². The summed E-state index contributed by atoms with van der Waals surface area (Å²) in [6, 6.07) is 6.72. The average Bonchev–Trinajstić information content (AvgIpc) is 3.12. The fourth-order valence-corrected chi connectivity index (χ4v) is 3.39. The van der Waals surface area contributed by atoms with Crippen molar-refractivity contribution < 1.29 is 23.9 Å². The second-order valence-corrected chi connectivity index (χ2v) is 7.13. The maximum absolute atomic E-state index is 12.2. The molecule has 0 fully saturated rings. The lowest BCUT2D eigenvalue weighted by molar-refractivity contribution is -0.143. The summed E-state index contributed by atoms with van der Waals surface area (Å²) in [5.74, 6) is -0.518. The number of nitrogens with zero attached hydrogens (tertiary/aromatic N) is 2. The summed E-state index contributed by atoms with van der Waals surface area (Å²) in [5.41, 5.74) is 0.428. The number of carbonyl (C=O) groups is 3. The minimum Gasteiger partial charge on any atom is -0.497 e. The molecule has 9 nitrogen and oxygen atoms in total. The zero-order valence-corrected chi connectivity index (χ0v) is 16.3. The van der Waals surface area contributed by atoms with Crippen molar-refractivity contribution in [1.82, 2.24) is 15.5 Å². The molecule has 0 aliphatic carbocycles. The Morgan fingerprint density at radius 3 is 2.81 bits per heavy atom. The van der Waals surface area contributed by atoms with Gasteiger partial charge in [-0.05, 0) is 25.1 Å². The first kappa shape index (κ1) is 20.6. The zero-order valence-electron chi connectivity index (χ0n) is 14.7. The SMILES string of the molecule is CCOC(=O)CNC(=O)CSc1nnc(NC(=O)c2cccc(OC)c2)s1. The van der Waals surface area contributed by atoms with Crippen molar-refractivity contribution in [2.24, 2.45) is 0 Å². The molecule has 0 saturated carbocycles. The van der Waals surface area contributed by atoms with Crippen LogP contribution in [0.5, 0.6) is 5.75 Å². The van der Waals surface area contributed by atoms with Crippen LogP contribution in [0.15, 0.2) is 28.6 Å². The number of anilines is 1. The number of rotatable bonds is 9. The van der Waals surface area contributed by atoms with Crippen molar-refractivity contribution in [3.63, 3.8) is 0 Å². The molecular formula is C16H18N4O5S2. The van der Waals surface area contributed by atoms with Gasteiger partial charge in [0.25, 0.3) is 5.91 Å². The second-order valence-electron chi connectivity index (χ2n) is 4.93. The number of thioether (sulfide) groups is 1. The van der Waals surface area contributed by atoms with Gasteiger partial charge in [-0.25, -0.2) is 0 Å². The minimum absolute atomic E-state index is 0.0673. The van der Waals surface area contributed by atoms with E-state index in [-0.39, 0.29) is 30.7 Å². The molecule has 0 atom stereocenters. The highest BCUT2D eigenvalue weighted by molar-refractivity contribution is 8.01. The van der Waals surface area contributed by atoms with E-state index in [2.05, 4.69) is 20.8 Å². The van der Waals surface area contributed by atoms with E-state index in [9.17, 15) is 14.4 Å². The summed E-state index contributed by atoms with van der Waals surface area (Å²) in [5, 5.41) is 13.2. The van der Waals surface area contributed by atoms with Crippen LogP contribution in [0.4, 0.5) is 5.13 Å². The maximum Gasteiger partial charge on any atom is 0.325 e. The van der Waals surface area contributed by atoms with Crippen molar-refractivity contribution in [3.8, 4) is 5.75 Å². The van der Waals surface area contributed by atoms with Crippen LogP contribution in [0.1, 0.15) is 17.3 Å². The van der Waals surface area contributed by atoms with Gasteiger partial charge in [0, 0.05) is 5.56 Å². The molecule has 2 aromatic rings. The Morgan fingerprint density at radius 1 is 1.26 bits per heavy atom. The molecule has 2 rings (SSSR count). The first-order chi connectivity index (χ1) is 13.0. The largest absolute Gasteiger partial charge is 0.497 e. The number of amides is 2. The molecule has 1 aromatic carbocycles. The summed E-state index contributed by atoms with van der Waals surface area (Å²) >= 11 is 2.30. The van der Waals surface area contributed by atoms with E-state index < -0.39 is 5.97 Å². The van der Waals surface area contributed by atoms with Crippen LogP contribution in [0.2, 0.25) is 0 Å². The van der Waals surface area contributed by atoms with E-state index >= 15 is 0 Å². The molecule has 0 spiro atoms. The molecule has 1 aromatic heterocycles. The van der Waals surface area contributed by atoms with Crippen LogP contribution in [0.3, 0.4) is 0 Å². The molecule has 0 unspecified atom stereocenters. The summed E-state index contributed by atoms with van der Waals surface area (Å²) in [6.45, 7) is 1.78. The van der Waals surface area contributed by atoms with E-state index in [1.165, 1.54) is 7.11 Å². The molecule has 2 N–H and O–H groups in total. The smallest absolute Gasteiger partial charge is 0.325 e. The molecule has 0 aliphatic rings. The number of ether oxygens (including phenoxy) is 2. The summed E-state index contributed by atoms with van der Waals surface area (Å²) in [4.78, 5) is 35.1. The normalized spacial score (nSPS) is 10.1. The molecular weight excluding hydrogens is 392 g/mol. The molecule has 11 heteroatoms. The molecule has 144 valence electrons. The molecule has 0 radical (unpaired) electrons. The van der Waals surface area contributed by atoms with Gasteiger partial charge in [0.1, 0.15) is 12.3 Å². The monoisotopic (exact) mass is 410 g/mol. The molecule has 2 amide bonds. The number of methoxy groups -OCH3 is 1. The van der Waals surface area contributed by atoms with Crippen LogP contribution >= 0.6 is 23.1 Å². The third-order valence-electron chi connectivity index (χ3n) is 3.02. The predicted octanol–water partition coefficient (Wildman–Crippen LogP) is 1.57. The minimum atomic E-state index is -0.491. The third kappa shape index (κ3) is 6.87. The van der Waals surface area contributed by atoms with E-state index in [1.54, 1.807) is 31.2 Å². The highest BCUT2D eigenvalue weighted by atomic mass is 32.2. The van der Waals surface area contributed by atoms with Crippen molar-refractivity contribution in [2.45, 2.75) is 11.3 Å². The summed E-state index contributed by atoms with van der Waals surface area (Å²) in [6.07, 6.45) is 0. The van der Waals surface area contributed by atoms with Crippen molar-refractivity contribution in [2.75, 3.05) is 31.3 Å². The fraction of sp³-hybridized carbons (Fsp3) is 0.312. The van der Waals surface area contributed by atoms with Crippen molar-refractivity contribution in [3.05, 3.63) is 29.8 Å². The van der Waals surface area contributed by atoms with Gasteiger partial charge in [0.2, 0.25) is 11.0 Å². The van der Waals surface area contributed by atoms with Gasteiger partial charge in [-0.1, -0.05) is 29.2 Å². The lowest BCUT2D eigenvalue weighted by Crippen LogP contribution is -2.31. The number of benzene rings is 1. The average molecular weight is 410 g/mol. The number of hydrogen-bond donors (Lipinski definition) is 2. The Morgan fingerprint density at radius 2 is 2.07 bits per heavy atom. The van der Waals surface area contributed by atoms with Crippen LogP contribution in [-0.4, -0.2) is 54.0 Å². The standard InChI is InChI=1S/C16H18N4O5S2/c1-3-25-13(22)8-17-12(21)9-26-16-20-19-15(27-16)18-14(23)10-5-4-6-11(7-10)24-2/h4-7H,3,8-9H2,1-2H3,(H,17,21)(H,18,19,23). The lowest BCUT2D eigenvalue weighted by Gasteiger charge is -2.04. The zero-order chi connectivity index (χ0) is 19.6. The summed E-state index contributed by atoms with van der Waals surface area (Å²) < 4.78 is 10.3. The third-order valence-corrected chi connectivity index (χ3v) is 4.99. The number of esters is 1. The second kappa shape index (κ2) is 10.5. The number of hydrogen-bond acceptors (Lipinski definition) is 9.